The highest BCUT2D eigenvalue weighted by atomic mass is 16.5. The highest BCUT2D eigenvalue weighted by Crippen LogP contribution is 2.14. The van der Waals surface area contributed by atoms with Gasteiger partial charge in [0.25, 0.3) is 0 Å². The molecule has 1 aromatic heterocycles. The van der Waals surface area contributed by atoms with Crippen molar-refractivity contribution in [3.05, 3.63) is 17.5 Å². The topological polar surface area (TPSA) is 70.1 Å². The standard InChI is InChI=1S/C10H17N3O2/c1-7(2)8-6-9(10(14)15-3)13(12-8)5-4-11/h6-7H,4-5,11H2,1-3H3. The second-order valence-electron chi connectivity index (χ2n) is 3.61. The van der Waals surface area contributed by atoms with Gasteiger partial charge in [-0.2, -0.15) is 5.10 Å². The van der Waals surface area contributed by atoms with Crippen molar-refractivity contribution in [2.75, 3.05) is 13.7 Å². The molecule has 0 bridgehead atoms. The van der Waals surface area contributed by atoms with E-state index in [0.717, 1.165) is 5.69 Å². The zero-order valence-electron chi connectivity index (χ0n) is 9.36. The average molecular weight is 211 g/mol. The normalized spacial score (nSPS) is 10.7. The van der Waals surface area contributed by atoms with Crippen molar-refractivity contribution in [2.24, 2.45) is 5.73 Å². The zero-order chi connectivity index (χ0) is 11.4. The number of aromatic nitrogens is 2. The Kier molecular flexibility index (Phi) is 3.85. The Labute approximate surface area is 89.2 Å². The minimum atomic E-state index is -0.372. The van der Waals surface area contributed by atoms with Crippen LogP contribution in [0.1, 0.15) is 35.9 Å². The molecule has 5 heteroatoms. The maximum atomic E-state index is 11.4. The minimum Gasteiger partial charge on any atom is -0.464 e. The van der Waals surface area contributed by atoms with E-state index in [0.29, 0.717) is 18.8 Å². The molecule has 0 saturated carbocycles. The molecule has 0 saturated heterocycles. The van der Waals surface area contributed by atoms with Gasteiger partial charge in [0.05, 0.1) is 19.3 Å². The lowest BCUT2D eigenvalue weighted by Crippen LogP contribution is -2.17. The van der Waals surface area contributed by atoms with Crippen molar-refractivity contribution >= 4 is 5.97 Å². The van der Waals surface area contributed by atoms with E-state index in [1.54, 1.807) is 10.7 Å². The third-order valence-corrected chi connectivity index (χ3v) is 2.13. The zero-order valence-corrected chi connectivity index (χ0v) is 9.36. The Morgan fingerprint density at radius 3 is 2.80 bits per heavy atom. The highest BCUT2D eigenvalue weighted by molar-refractivity contribution is 5.87. The number of nitrogens with zero attached hydrogens (tertiary/aromatic N) is 2. The summed E-state index contributed by atoms with van der Waals surface area (Å²) in [5, 5.41) is 4.30. The van der Waals surface area contributed by atoms with Crippen molar-refractivity contribution in [1.82, 2.24) is 9.78 Å². The molecular formula is C10H17N3O2. The molecule has 1 rings (SSSR count). The molecule has 0 aliphatic heterocycles. The molecule has 0 aromatic carbocycles. The minimum absolute atomic E-state index is 0.285. The molecule has 0 aliphatic rings. The molecule has 0 fully saturated rings. The lowest BCUT2D eigenvalue weighted by atomic mass is 10.1. The molecule has 0 amide bonds. The van der Waals surface area contributed by atoms with Gasteiger partial charge in [-0.05, 0) is 12.0 Å². The van der Waals surface area contributed by atoms with Crippen molar-refractivity contribution in [1.29, 1.82) is 0 Å². The Morgan fingerprint density at radius 1 is 1.67 bits per heavy atom. The van der Waals surface area contributed by atoms with Crippen LogP contribution in [0.25, 0.3) is 0 Å². The fraction of sp³-hybridized carbons (Fsp3) is 0.600. The molecule has 0 atom stereocenters. The Bertz CT molecular complexity index is 344. The van der Waals surface area contributed by atoms with E-state index in [-0.39, 0.29) is 11.9 Å². The average Bonchev–Trinajstić information content (AvgIpc) is 2.61. The van der Waals surface area contributed by atoms with Gasteiger partial charge < -0.3 is 10.5 Å². The number of rotatable bonds is 4. The Hall–Kier alpha value is -1.36. The third kappa shape index (κ3) is 2.56. The van der Waals surface area contributed by atoms with Crippen LogP contribution in [-0.2, 0) is 11.3 Å². The van der Waals surface area contributed by atoms with E-state index in [1.165, 1.54) is 7.11 Å². The molecule has 0 radical (unpaired) electrons. The first-order valence-electron chi connectivity index (χ1n) is 4.96. The summed E-state index contributed by atoms with van der Waals surface area (Å²) in [6, 6.07) is 1.76. The fourth-order valence-corrected chi connectivity index (χ4v) is 1.28. The van der Waals surface area contributed by atoms with Crippen molar-refractivity contribution in [3.8, 4) is 0 Å². The highest BCUT2D eigenvalue weighted by Gasteiger charge is 2.16. The number of hydrogen-bond donors (Lipinski definition) is 1. The lowest BCUT2D eigenvalue weighted by Gasteiger charge is -2.03. The number of ether oxygens (including phenoxy) is 1. The number of methoxy groups -OCH3 is 1. The van der Waals surface area contributed by atoms with E-state index in [9.17, 15) is 4.79 Å². The Morgan fingerprint density at radius 2 is 2.33 bits per heavy atom. The maximum Gasteiger partial charge on any atom is 0.356 e. The monoisotopic (exact) mass is 211 g/mol. The van der Waals surface area contributed by atoms with Crippen molar-refractivity contribution in [2.45, 2.75) is 26.3 Å². The summed E-state index contributed by atoms with van der Waals surface area (Å²) in [5.74, 6) is -0.0877. The number of esters is 1. The van der Waals surface area contributed by atoms with Gasteiger partial charge in [0.2, 0.25) is 0 Å². The molecule has 5 nitrogen and oxygen atoms in total. The van der Waals surface area contributed by atoms with E-state index >= 15 is 0 Å². The number of carbonyl (C=O) groups is 1. The molecule has 0 spiro atoms. The summed E-state index contributed by atoms with van der Waals surface area (Å²) in [6.07, 6.45) is 0. The number of carbonyl (C=O) groups excluding carboxylic acids is 1. The SMILES string of the molecule is COC(=O)c1cc(C(C)C)nn1CCN. The van der Waals surface area contributed by atoms with Crippen LogP contribution in [0.15, 0.2) is 6.07 Å². The number of nitrogens with two attached hydrogens (primary N) is 1. The molecule has 84 valence electrons. The molecule has 0 unspecified atom stereocenters. The first-order valence-corrected chi connectivity index (χ1v) is 4.96. The first-order chi connectivity index (χ1) is 7.10. The van der Waals surface area contributed by atoms with Gasteiger partial charge >= 0.3 is 5.97 Å². The predicted octanol–water partition coefficient (Wildman–Crippen LogP) is 0.752. The van der Waals surface area contributed by atoms with Crippen LogP contribution in [0, 0.1) is 0 Å². The van der Waals surface area contributed by atoms with E-state index < -0.39 is 0 Å². The fourth-order valence-electron chi connectivity index (χ4n) is 1.28. The van der Waals surface area contributed by atoms with E-state index in [2.05, 4.69) is 9.84 Å². The predicted molar refractivity (Wildman–Crippen MR) is 56.7 cm³/mol. The van der Waals surface area contributed by atoms with Gasteiger partial charge in [-0.1, -0.05) is 13.8 Å². The first kappa shape index (κ1) is 11.7. The van der Waals surface area contributed by atoms with Gasteiger partial charge in [0.15, 0.2) is 0 Å². The van der Waals surface area contributed by atoms with Crippen LogP contribution < -0.4 is 5.73 Å². The lowest BCUT2D eigenvalue weighted by molar-refractivity contribution is 0.0586. The third-order valence-electron chi connectivity index (χ3n) is 2.13. The number of hydrogen-bond acceptors (Lipinski definition) is 4. The molecule has 15 heavy (non-hydrogen) atoms. The molecule has 0 aliphatic carbocycles. The van der Waals surface area contributed by atoms with Gasteiger partial charge in [-0.3, -0.25) is 4.68 Å². The van der Waals surface area contributed by atoms with Crippen molar-refractivity contribution < 1.29 is 9.53 Å². The summed E-state index contributed by atoms with van der Waals surface area (Å²) in [6.45, 7) is 5.02. The van der Waals surface area contributed by atoms with Crippen LogP contribution in [-0.4, -0.2) is 29.4 Å². The summed E-state index contributed by atoms with van der Waals surface area (Å²) >= 11 is 0. The largest absolute Gasteiger partial charge is 0.464 e. The van der Waals surface area contributed by atoms with Gasteiger partial charge in [-0.15, -0.1) is 0 Å². The van der Waals surface area contributed by atoms with Crippen LogP contribution in [0.2, 0.25) is 0 Å². The second kappa shape index (κ2) is 4.93. The maximum absolute atomic E-state index is 11.4. The van der Waals surface area contributed by atoms with E-state index in [4.69, 9.17) is 5.73 Å². The van der Waals surface area contributed by atoms with Crippen LogP contribution in [0.3, 0.4) is 0 Å². The van der Waals surface area contributed by atoms with E-state index in [1.807, 2.05) is 13.8 Å². The molecular weight excluding hydrogens is 194 g/mol. The summed E-state index contributed by atoms with van der Waals surface area (Å²) < 4.78 is 6.27. The quantitative estimate of drug-likeness (QED) is 0.746. The van der Waals surface area contributed by atoms with Gasteiger partial charge in [-0.25, -0.2) is 4.79 Å². The van der Waals surface area contributed by atoms with Crippen LogP contribution >= 0.6 is 0 Å². The van der Waals surface area contributed by atoms with Gasteiger partial charge in [0.1, 0.15) is 5.69 Å². The summed E-state index contributed by atoms with van der Waals surface area (Å²) in [7, 11) is 1.36. The smallest absolute Gasteiger partial charge is 0.356 e. The Balaban J connectivity index is 3.05. The van der Waals surface area contributed by atoms with Crippen molar-refractivity contribution in [3.63, 3.8) is 0 Å². The summed E-state index contributed by atoms with van der Waals surface area (Å²) in [5.41, 5.74) is 6.79. The molecule has 1 heterocycles. The second-order valence-corrected chi connectivity index (χ2v) is 3.61. The summed E-state index contributed by atoms with van der Waals surface area (Å²) in [4.78, 5) is 11.4. The van der Waals surface area contributed by atoms with Crippen LogP contribution in [0.5, 0.6) is 0 Å². The van der Waals surface area contributed by atoms with Gasteiger partial charge in [0, 0.05) is 6.54 Å². The van der Waals surface area contributed by atoms with Crippen LogP contribution in [0.4, 0.5) is 0 Å². The molecule has 2 N–H and O–H groups in total. The molecule has 1 aromatic rings.